The van der Waals surface area contributed by atoms with Gasteiger partial charge in [0.15, 0.2) is 0 Å². The van der Waals surface area contributed by atoms with Gasteiger partial charge in [-0.2, -0.15) is 8.78 Å². The van der Waals surface area contributed by atoms with E-state index < -0.39 is 40.6 Å². The third-order valence-electron chi connectivity index (χ3n) is 3.65. The Kier molecular flexibility index (Phi) is 7.09. The number of halogens is 4. The number of nitrogens with zero attached hydrogens (tertiary/aromatic N) is 1. The van der Waals surface area contributed by atoms with E-state index in [4.69, 9.17) is 11.6 Å². The highest BCUT2D eigenvalue weighted by Gasteiger charge is 2.22. The van der Waals surface area contributed by atoms with Crippen molar-refractivity contribution in [2.45, 2.75) is 13.0 Å². The van der Waals surface area contributed by atoms with Gasteiger partial charge in [-0.15, -0.1) is 0 Å². The lowest BCUT2D eigenvalue weighted by molar-refractivity contribution is -0.132. The minimum absolute atomic E-state index is 0.0662. The molecule has 7 nitrogen and oxygen atoms in total. The van der Waals surface area contributed by atoms with E-state index in [-0.39, 0.29) is 21.8 Å². The van der Waals surface area contributed by atoms with Crippen LogP contribution in [0.5, 0.6) is 0 Å². The van der Waals surface area contributed by atoms with Crippen molar-refractivity contribution >= 4 is 39.1 Å². The summed E-state index contributed by atoms with van der Waals surface area (Å²) in [5.41, 5.74) is 3.00. The second kappa shape index (κ2) is 9.14. The highest BCUT2D eigenvalue weighted by molar-refractivity contribution is 7.92. The van der Waals surface area contributed by atoms with E-state index in [2.05, 4.69) is 0 Å². The Hall–Kier alpha value is -2.79. The zero-order valence-electron chi connectivity index (χ0n) is 14.8. The number of anilines is 1. The largest absolute Gasteiger partial charge is 0.317 e. The van der Waals surface area contributed by atoms with Crippen LogP contribution in [0.25, 0.3) is 0 Å². The number of nitrogens with one attached hydrogen (secondary N) is 2. The molecule has 0 aromatic heterocycles. The van der Waals surface area contributed by atoms with Gasteiger partial charge in [0.25, 0.3) is 5.91 Å². The Balaban J connectivity index is 2.24. The molecule has 0 aliphatic rings. The molecule has 0 bridgehead atoms. The van der Waals surface area contributed by atoms with Crippen molar-refractivity contribution in [2.75, 3.05) is 10.6 Å². The van der Waals surface area contributed by atoms with E-state index >= 15 is 0 Å². The van der Waals surface area contributed by atoms with Crippen LogP contribution in [-0.2, 0) is 21.4 Å². The van der Waals surface area contributed by atoms with Crippen molar-refractivity contribution in [3.63, 3.8) is 0 Å². The molecule has 2 aromatic carbocycles. The first-order valence-electron chi connectivity index (χ1n) is 7.89. The summed E-state index contributed by atoms with van der Waals surface area (Å²) in [6.45, 7) is -0.404. The molecule has 0 aliphatic heterocycles. The van der Waals surface area contributed by atoms with Crippen LogP contribution in [0.2, 0.25) is 5.02 Å². The van der Waals surface area contributed by atoms with Gasteiger partial charge in [0.1, 0.15) is 5.82 Å². The molecule has 2 N–H and O–H groups in total. The maximum atomic E-state index is 14.5. The van der Waals surface area contributed by atoms with Crippen LogP contribution in [0, 0.1) is 5.82 Å². The molecule has 0 spiro atoms. The van der Waals surface area contributed by atoms with Crippen LogP contribution < -0.4 is 15.2 Å². The van der Waals surface area contributed by atoms with E-state index in [9.17, 15) is 31.2 Å². The van der Waals surface area contributed by atoms with Crippen molar-refractivity contribution < 1.29 is 31.2 Å². The van der Waals surface area contributed by atoms with Gasteiger partial charge in [0, 0.05) is 11.1 Å². The molecule has 0 saturated carbocycles. The second-order valence-electron chi connectivity index (χ2n) is 5.77. The van der Waals surface area contributed by atoms with Gasteiger partial charge >= 0.3 is 12.3 Å². The number of hydrazine groups is 1. The Morgan fingerprint density at radius 3 is 2.34 bits per heavy atom. The number of para-hydroxylation sites is 1. The van der Waals surface area contributed by atoms with E-state index in [0.29, 0.717) is 0 Å². The Labute approximate surface area is 169 Å². The summed E-state index contributed by atoms with van der Waals surface area (Å²) in [4.78, 5) is 22.6. The topological polar surface area (TPSA) is 95.6 Å². The number of carbonyl (C=O) groups is 2. The minimum Gasteiger partial charge on any atom is -0.267 e. The van der Waals surface area contributed by atoms with Crippen molar-refractivity contribution in [2.24, 2.45) is 0 Å². The average Bonchev–Trinajstić information content (AvgIpc) is 2.64. The van der Waals surface area contributed by atoms with Crippen molar-refractivity contribution in [3.8, 4) is 0 Å². The van der Waals surface area contributed by atoms with Crippen LogP contribution >= 0.6 is 11.6 Å². The predicted molar refractivity (Wildman–Crippen MR) is 100 cm³/mol. The Morgan fingerprint density at radius 2 is 1.79 bits per heavy atom. The number of benzene rings is 2. The Bertz CT molecular complexity index is 1030. The quantitative estimate of drug-likeness (QED) is 0.662. The Morgan fingerprint density at radius 1 is 1.14 bits per heavy atom. The molecule has 156 valence electrons. The third kappa shape index (κ3) is 5.84. The van der Waals surface area contributed by atoms with E-state index in [1.54, 1.807) is 17.6 Å². The molecular formula is C17H15ClF3N3O4S. The van der Waals surface area contributed by atoms with Crippen LogP contribution in [-0.4, -0.2) is 32.9 Å². The molecule has 0 unspecified atom stereocenters. The first-order chi connectivity index (χ1) is 13.5. The molecule has 12 heteroatoms. The van der Waals surface area contributed by atoms with Crippen LogP contribution in [0.4, 0.5) is 18.9 Å². The summed E-state index contributed by atoms with van der Waals surface area (Å²) >= 11 is 6.04. The number of amides is 2. The highest BCUT2D eigenvalue weighted by atomic mass is 35.5. The molecule has 0 aliphatic carbocycles. The molecule has 29 heavy (non-hydrogen) atoms. The van der Waals surface area contributed by atoms with Crippen LogP contribution in [0.1, 0.15) is 15.9 Å². The van der Waals surface area contributed by atoms with Crippen molar-refractivity contribution in [1.29, 1.82) is 0 Å². The number of hydrogen-bond acceptors (Lipinski definition) is 4. The zero-order valence-corrected chi connectivity index (χ0v) is 16.4. The van der Waals surface area contributed by atoms with Crippen LogP contribution in [0.15, 0.2) is 42.5 Å². The summed E-state index contributed by atoms with van der Waals surface area (Å²) in [5.74, 6) is -3.67. The van der Waals surface area contributed by atoms with E-state index in [1.807, 2.05) is 0 Å². The number of rotatable bonds is 6. The van der Waals surface area contributed by atoms with Crippen LogP contribution in [0.3, 0.4) is 0 Å². The normalized spacial score (nSPS) is 11.2. The molecule has 0 saturated heterocycles. The number of carbonyl (C=O) groups excluding carboxylic acids is 2. The fraction of sp³-hybridized carbons (Fsp3) is 0.176. The standard InChI is InChI=1S/C17H15ClF3N3O4S/c1-29(27,28)24(14-5-3-2-4-12(14)18)9-11-7-6-10(8-13(11)19)16(25)22-23-17(26)15(20)21/h2-8,15H,9H2,1H3,(H,22,25)(H,23,26). The third-order valence-corrected chi connectivity index (χ3v) is 5.09. The smallest absolute Gasteiger partial charge is 0.267 e. The monoisotopic (exact) mass is 449 g/mol. The lowest BCUT2D eigenvalue weighted by Gasteiger charge is -2.23. The first-order valence-corrected chi connectivity index (χ1v) is 10.1. The van der Waals surface area contributed by atoms with Gasteiger partial charge in [-0.1, -0.05) is 29.8 Å². The van der Waals surface area contributed by atoms with Gasteiger partial charge in [0.2, 0.25) is 10.0 Å². The van der Waals surface area contributed by atoms with Gasteiger partial charge < -0.3 is 0 Å². The van der Waals surface area contributed by atoms with Gasteiger partial charge in [-0.25, -0.2) is 12.8 Å². The molecule has 0 radical (unpaired) electrons. The number of hydrogen-bond donors (Lipinski definition) is 2. The average molecular weight is 450 g/mol. The van der Waals surface area contributed by atoms with Crippen molar-refractivity contribution in [1.82, 2.24) is 10.9 Å². The van der Waals surface area contributed by atoms with Gasteiger partial charge in [0.05, 0.1) is 23.5 Å². The zero-order chi connectivity index (χ0) is 21.8. The van der Waals surface area contributed by atoms with Gasteiger partial charge in [-0.3, -0.25) is 24.7 Å². The number of alkyl halides is 2. The lowest BCUT2D eigenvalue weighted by Crippen LogP contribution is -2.44. The van der Waals surface area contributed by atoms with E-state index in [1.165, 1.54) is 17.6 Å². The summed E-state index contributed by atoms with van der Waals surface area (Å²) in [7, 11) is -3.82. The number of sulfonamides is 1. The maximum Gasteiger partial charge on any atom is 0.317 e. The predicted octanol–water partition coefficient (Wildman–Crippen LogP) is 2.47. The molecular weight excluding hydrogens is 435 g/mol. The summed E-state index contributed by atoms with van der Waals surface area (Å²) < 4.78 is 63.9. The highest BCUT2D eigenvalue weighted by Crippen LogP contribution is 2.29. The molecule has 0 fully saturated rings. The molecule has 2 aromatic rings. The summed E-state index contributed by atoms with van der Waals surface area (Å²) in [6.07, 6.45) is -2.40. The fourth-order valence-corrected chi connectivity index (χ4v) is 3.43. The summed E-state index contributed by atoms with van der Waals surface area (Å²) in [6, 6.07) is 9.20. The fourth-order valence-electron chi connectivity index (χ4n) is 2.25. The maximum absolute atomic E-state index is 14.5. The molecule has 2 amide bonds. The molecule has 0 heterocycles. The molecule has 0 atom stereocenters. The summed E-state index contributed by atoms with van der Waals surface area (Å²) in [5, 5.41) is 0.143. The second-order valence-corrected chi connectivity index (χ2v) is 8.09. The van der Waals surface area contributed by atoms with Gasteiger partial charge in [-0.05, 0) is 24.3 Å². The molecule has 2 rings (SSSR count). The van der Waals surface area contributed by atoms with Crippen molar-refractivity contribution in [3.05, 3.63) is 64.4 Å². The minimum atomic E-state index is -3.82. The lowest BCUT2D eigenvalue weighted by atomic mass is 10.1. The SMILES string of the molecule is CS(=O)(=O)N(Cc1ccc(C(=O)NNC(=O)C(F)F)cc1F)c1ccccc1Cl. The first kappa shape index (κ1) is 22.5. The van der Waals surface area contributed by atoms with E-state index in [0.717, 1.165) is 28.8 Å².